The molecule has 1 aliphatic heterocycles. The predicted molar refractivity (Wildman–Crippen MR) is 102 cm³/mol. The van der Waals surface area contributed by atoms with Crippen molar-refractivity contribution in [3.8, 4) is 22.6 Å². The van der Waals surface area contributed by atoms with Gasteiger partial charge in [0, 0.05) is 36.1 Å². The Morgan fingerprint density at radius 2 is 1.89 bits per heavy atom. The van der Waals surface area contributed by atoms with Crippen molar-refractivity contribution in [3.05, 3.63) is 42.9 Å². The van der Waals surface area contributed by atoms with E-state index < -0.39 is 0 Å². The lowest BCUT2D eigenvalue weighted by Crippen LogP contribution is -2.44. The number of hydrogen-bond acceptors (Lipinski definition) is 6. The van der Waals surface area contributed by atoms with Gasteiger partial charge >= 0.3 is 0 Å². The first-order chi connectivity index (χ1) is 13.3. The lowest BCUT2D eigenvalue weighted by Gasteiger charge is -2.34. The molecule has 1 atom stereocenters. The third kappa shape index (κ3) is 2.74. The number of rotatable bonds is 3. The second kappa shape index (κ2) is 6.48. The Morgan fingerprint density at radius 1 is 1.07 bits per heavy atom. The van der Waals surface area contributed by atoms with E-state index in [0.717, 1.165) is 45.9 Å². The van der Waals surface area contributed by atoms with Crippen molar-refractivity contribution in [3.63, 3.8) is 0 Å². The van der Waals surface area contributed by atoms with Crippen LogP contribution in [0.15, 0.2) is 42.9 Å². The van der Waals surface area contributed by atoms with Crippen LogP contribution in [0.3, 0.4) is 0 Å². The summed E-state index contributed by atoms with van der Waals surface area (Å²) in [7, 11) is 0. The van der Waals surface area contributed by atoms with Gasteiger partial charge in [0.15, 0.2) is 0 Å². The second-order valence-corrected chi connectivity index (χ2v) is 6.64. The zero-order valence-corrected chi connectivity index (χ0v) is 14.9. The Labute approximate surface area is 155 Å². The van der Waals surface area contributed by atoms with E-state index in [1.165, 1.54) is 0 Å². The van der Waals surface area contributed by atoms with Gasteiger partial charge in [-0.15, -0.1) is 0 Å². The van der Waals surface area contributed by atoms with Crippen LogP contribution in [-0.2, 0) is 4.74 Å². The van der Waals surface area contributed by atoms with E-state index in [9.17, 15) is 0 Å². The summed E-state index contributed by atoms with van der Waals surface area (Å²) in [5, 5.41) is 15.3. The molecule has 0 spiro atoms. The number of pyridine rings is 2. The molecule has 0 aliphatic carbocycles. The number of fused-ring (bicyclic) bond motifs is 1. The molecule has 0 saturated carbocycles. The van der Waals surface area contributed by atoms with Crippen molar-refractivity contribution < 1.29 is 4.74 Å². The summed E-state index contributed by atoms with van der Waals surface area (Å²) in [4.78, 5) is 11.9. The number of aromatic amines is 2. The maximum atomic E-state index is 5.59. The summed E-state index contributed by atoms with van der Waals surface area (Å²) in [5.41, 5.74) is 4.47. The molecule has 5 rings (SSSR count). The van der Waals surface area contributed by atoms with Crippen molar-refractivity contribution in [2.75, 3.05) is 24.7 Å². The molecule has 2 N–H and O–H groups in total. The minimum Gasteiger partial charge on any atom is -0.377 e. The average molecular weight is 361 g/mol. The molecule has 8 heteroatoms. The SMILES string of the molecule is C[C@@H]1COCCN1c1cc(-c2ccn[nH]2)c2ccnc(-c3ccn[nH]3)c2n1. The average Bonchev–Trinajstić information content (AvgIpc) is 3.41. The van der Waals surface area contributed by atoms with Crippen LogP contribution in [0.1, 0.15) is 6.92 Å². The van der Waals surface area contributed by atoms with Gasteiger partial charge in [-0.05, 0) is 31.2 Å². The molecular weight excluding hydrogens is 342 g/mol. The smallest absolute Gasteiger partial charge is 0.130 e. The summed E-state index contributed by atoms with van der Waals surface area (Å²) in [5.74, 6) is 0.914. The van der Waals surface area contributed by atoms with Crippen LogP contribution < -0.4 is 4.90 Å². The normalized spacial score (nSPS) is 17.5. The van der Waals surface area contributed by atoms with Crippen LogP contribution in [-0.4, -0.2) is 56.2 Å². The van der Waals surface area contributed by atoms with E-state index in [1.54, 1.807) is 18.6 Å². The van der Waals surface area contributed by atoms with Gasteiger partial charge in [-0.2, -0.15) is 10.2 Å². The van der Waals surface area contributed by atoms with Gasteiger partial charge in [-0.1, -0.05) is 0 Å². The molecule has 1 fully saturated rings. The predicted octanol–water partition coefficient (Wildman–Crippen LogP) is 2.64. The lowest BCUT2D eigenvalue weighted by atomic mass is 10.0. The number of morpholine rings is 1. The van der Waals surface area contributed by atoms with Crippen LogP contribution in [0.5, 0.6) is 0 Å². The maximum absolute atomic E-state index is 5.59. The largest absolute Gasteiger partial charge is 0.377 e. The topological polar surface area (TPSA) is 95.6 Å². The monoisotopic (exact) mass is 361 g/mol. The molecule has 1 aliphatic rings. The third-order valence-electron chi connectivity index (χ3n) is 4.92. The number of anilines is 1. The fourth-order valence-electron chi connectivity index (χ4n) is 3.57. The Morgan fingerprint density at radius 3 is 2.63 bits per heavy atom. The minimum absolute atomic E-state index is 0.255. The first kappa shape index (κ1) is 16.0. The number of hydrogen-bond donors (Lipinski definition) is 2. The molecule has 0 radical (unpaired) electrons. The van der Waals surface area contributed by atoms with Crippen LogP contribution >= 0.6 is 0 Å². The molecular formula is C19H19N7O. The molecule has 4 aromatic heterocycles. The zero-order valence-electron chi connectivity index (χ0n) is 14.9. The minimum atomic E-state index is 0.255. The van der Waals surface area contributed by atoms with Crippen molar-refractivity contribution >= 4 is 16.7 Å². The van der Waals surface area contributed by atoms with Crippen LogP contribution in [0.4, 0.5) is 5.82 Å². The third-order valence-corrected chi connectivity index (χ3v) is 4.92. The first-order valence-electron chi connectivity index (χ1n) is 8.95. The summed E-state index contributed by atoms with van der Waals surface area (Å²) in [6, 6.07) is 8.24. The van der Waals surface area contributed by atoms with Gasteiger partial charge in [-0.25, -0.2) is 4.98 Å². The molecule has 0 amide bonds. The van der Waals surface area contributed by atoms with Gasteiger partial charge in [0.2, 0.25) is 0 Å². The Hall–Kier alpha value is -3.26. The van der Waals surface area contributed by atoms with E-state index in [4.69, 9.17) is 9.72 Å². The van der Waals surface area contributed by atoms with Gasteiger partial charge in [0.05, 0.1) is 30.6 Å². The standard InChI is InChI=1S/C19H19N7O/c1-12-11-27-9-8-26(12)17-10-14(15-3-6-21-24-15)13-2-5-20-19(18(13)23-17)16-4-7-22-25-16/h2-7,10,12H,8-9,11H2,1H3,(H,21,24)(H,22,25)/t12-/m1/s1. The van der Waals surface area contributed by atoms with E-state index in [0.29, 0.717) is 13.2 Å². The molecule has 8 nitrogen and oxygen atoms in total. The Balaban J connectivity index is 1.78. The molecule has 5 heterocycles. The van der Waals surface area contributed by atoms with Gasteiger partial charge in [0.1, 0.15) is 17.0 Å². The maximum Gasteiger partial charge on any atom is 0.130 e. The molecule has 0 bridgehead atoms. The lowest BCUT2D eigenvalue weighted by molar-refractivity contribution is 0.0986. The van der Waals surface area contributed by atoms with Crippen molar-refractivity contribution in [1.82, 2.24) is 30.4 Å². The van der Waals surface area contributed by atoms with Crippen LogP contribution in [0.2, 0.25) is 0 Å². The zero-order chi connectivity index (χ0) is 18.2. The number of ether oxygens (including phenoxy) is 1. The molecule has 27 heavy (non-hydrogen) atoms. The van der Waals surface area contributed by atoms with Gasteiger partial charge < -0.3 is 9.64 Å². The van der Waals surface area contributed by atoms with Gasteiger partial charge in [-0.3, -0.25) is 15.2 Å². The number of nitrogens with one attached hydrogen (secondary N) is 2. The second-order valence-electron chi connectivity index (χ2n) is 6.64. The highest BCUT2D eigenvalue weighted by molar-refractivity contribution is 6.00. The summed E-state index contributed by atoms with van der Waals surface area (Å²) in [6.07, 6.45) is 5.28. The fourth-order valence-corrected chi connectivity index (χ4v) is 3.57. The van der Waals surface area contributed by atoms with Gasteiger partial charge in [0.25, 0.3) is 0 Å². The van der Waals surface area contributed by atoms with Crippen molar-refractivity contribution in [2.45, 2.75) is 13.0 Å². The highest BCUT2D eigenvalue weighted by atomic mass is 16.5. The highest BCUT2D eigenvalue weighted by Crippen LogP contribution is 2.34. The summed E-state index contributed by atoms with van der Waals surface area (Å²) >= 11 is 0. The number of nitrogens with zero attached hydrogens (tertiary/aromatic N) is 5. The molecule has 136 valence electrons. The molecule has 0 unspecified atom stereocenters. The Kier molecular flexibility index (Phi) is 3.83. The quantitative estimate of drug-likeness (QED) is 0.582. The molecule has 1 saturated heterocycles. The summed E-state index contributed by atoms with van der Waals surface area (Å²) in [6.45, 7) is 4.35. The number of H-pyrrole nitrogens is 2. The van der Waals surface area contributed by atoms with E-state index in [1.807, 2.05) is 18.2 Å². The number of aromatic nitrogens is 6. The van der Waals surface area contributed by atoms with E-state index >= 15 is 0 Å². The van der Waals surface area contributed by atoms with E-state index in [2.05, 4.69) is 43.3 Å². The first-order valence-corrected chi connectivity index (χ1v) is 8.95. The van der Waals surface area contributed by atoms with Crippen molar-refractivity contribution in [1.29, 1.82) is 0 Å². The highest BCUT2D eigenvalue weighted by Gasteiger charge is 2.23. The van der Waals surface area contributed by atoms with Crippen LogP contribution in [0, 0.1) is 0 Å². The summed E-state index contributed by atoms with van der Waals surface area (Å²) < 4.78 is 5.59. The Bertz CT molecular complexity index is 1060. The van der Waals surface area contributed by atoms with E-state index in [-0.39, 0.29) is 6.04 Å². The fraction of sp³-hybridized carbons (Fsp3) is 0.263. The van der Waals surface area contributed by atoms with Crippen molar-refractivity contribution in [2.24, 2.45) is 0 Å². The molecule has 4 aromatic rings. The van der Waals surface area contributed by atoms with Crippen LogP contribution in [0.25, 0.3) is 33.5 Å². The molecule has 0 aromatic carbocycles.